The molecule has 1 N–H and O–H groups in total. The number of carboxylic acid groups (broad SMARTS) is 1. The lowest BCUT2D eigenvalue weighted by Crippen LogP contribution is -2.00. The van der Waals surface area contributed by atoms with E-state index >= 15 is 0 Å². The third kappa shape index (κ3) is 4.66. The Kier molecular flexibility index (Phi) is 5.59. The predicted octanol–water partition coefficient (Wildman–Crippen LogP) is 4.48. The molecule has 0 fully saturated rings. The van der Waals surface area contributed by atoms with Crippen LogP contribution >= 0.6 is 0 Å². The number of pyridine rings is 1. The van der Waals surface area contributed by atoms with Gasteiger partial charge >= 0.3 is 5.97 Å². The standard InChI is InChI=1S/C21H18FNO3/c22-18-4-7-20(16-9-11-23-12-10-16)17(13-18)14-26-19-5-1-15(2-6-19)3-8-21(24)25/h1-2,4-7,9-13H,3,8,14H2,(H,24,25). The van der Waals surface area contributed by atoms with E-state index in [4.69, 9.17) is 9.84 Å². The van der Waals surface area contributed by atoms with E-state index < -0.39 is 5.97 Å². The number of carbonyl (C=O) groups is 1. The predicted molar refractivity (Wildman–Crippen MR) is 96.4 cm³/mol. The molecule has 132 valence electrons. The molecule has 0 saturated carbocycles. The van der Waals surface area contributed by atoms with Gasteiger partial charge < -0.3 is 9.84 Å². The van der Waals surface area contributed by atoms with E-state index in [0.717, 1.165) is 22.3 Å². The van der Waals surface area contributed by atoms with Gasteiger partial charge in [-0.05, 0) is 65.1 Å². The Balaban J connectivity index is 1.71. The highest BCUT2D eigenvalue weighted by atomic mass is 19.1. The van der Waals surface area contributed by atoms with Crippen molar-refractivity contribution < 1.29 is 19.0 Å². The van der Waals surface area contributed by atoms with Crippen LogP contribution in [0.5, 0.6) is 5.75 Å². The quantitative estimate of drug-likeness (QED) is 0.682. The molecular formula is C21H18FNO3. The maximum Gasteiger partial charge on any atom is 0.303 e. The van der Waals surface area contributed by atoms with Gasteiger partial charge in [0.15, 0.2) is 0 Å². The average molecular weight is 351 g/mol. The average Bonchev–Trinajstić information content (AvgIpc) is 2.66. The number of aryl methyl sites for hydroxylation is 1. The summed E-state index contributed by atoms with van der Waals surface area (Å²) >= 11 is 0. The normalized spacial score (nSPS) is 10.5. The molecule has 0 aliphatic heterocycles. The van der Waals surface area contributed by atoms with Gasteiger partial charge in [-0.3, -0.25) is 9.78 Å². The number of halogens is 1. The van der Waals surface area contributed by atoms with Crippen molar-refractivity contribution in [2.45, 2.75) is 19.4 Å². The van der Waals surface area contributed by atoms with Gasteiger partial charge in [0.2, 0.25) is 0 Å². The molecule has 0 amide bonds. The van der Waals surface area contributed by atoms with Crippen LogP contribution in [0, 0.1) is 5.82 Å². The van der Waals surface area contributed by atoms with Gasteiger partial charge in [-0.1, -0.05) is 18.2 Å². The van der Waals surface area contributed by atoms with E-state index in [1.54, 1.807) is 30.6 Å². The van der Waals surface area contributed by atoms with Crippen LogP contribution in [0.4, 0.5) is 4.39 Å². The van der Waals surface area contributed by atoms with Crippen molar-refractivity contribution >= 4 is 5.97 Å². The molecule has 2 aromatic carbocycles. The smallest absolute Gasteiger partial charge is 0.303 e. The molecule has 0 atom stereocenters. The first kappa shape index (κ1) is 17.6. The van der Waals surface area contributed by atoms with Crippen molar-refractivity contribution in [1.29, 1.82) is 0 Å². The summed E-state index contributed by atoms with van der Waals surface area (Å²) in [5.41, 5.74) is 3.52. The first-order chi connectivity index (χ1) is 12.6. The molecule has 26 heavy (non-hydrogen) atoms. The Labute approximate surface area is 150 Å². The Hall–Kier alpha value is -3.21. The Morgan fingerprint density at radius 2 is 1.77 bits per heavy atom. The zero-order chi connectivity index (χ0) is 18.4. The molecule has 1 aromatic heterocycles. The summed E-state index contributed by atoms with van der Waals surface area (Å²) in [5.74, 6) is -0.487. The molecule has 0 saturated heterocycles. The van der Waals surface area contributed by atoms with Crippen molar-refractivity contribution in [1.82, 2.24) is 4.98 Å². The fourth-order valence-corrected chi connectivity index (χ4v) is 2.66. The molecule has 0 spiro atoms. The number of benzene rings is 2. The van der Waals surface area contributed by atoms with Crippen molar-refractivity contribution in [3.63, 3.8) is 0 Å². The van der Waals surface area contributed by atoms with Crippen LogP contribution in [0.15, 0.2) is 67.0 Å². The van der Waals surface area contributed by atoms with E-state index in [9.17, 15) is 9.18 Å². The number of nitrogens with zero attached hydrogens (tertiary/aromatic N) is 1. The zero-order valence-electron chi connectivity index (χ0n) is 14.1. The first-order valence-corrected chi connectivity index (χ1v) is 8.24. The molecule has 0 aliphatic carbocycles. The second kappa shape index (κ2) is 8.25. The largest absolute Gasteiger partial charge is 0.489 e. The van der Waals surface area contributed by atoms with Gasteiger partial charge in [-0.2, -0.15) is 0 Å². The minimum atomic E-state index is -0.819. The fourth-order valence-electron chi connectivity index (χ4n) is 2.66. The highest BCUT2D eigenvalue weighted by molar-refractivity contribution is 5.67. The number of carboxylic acids is 1. The lowest BCUT2D eigenvalue weighted by molar-refractivity contribution is -0.136. The molecule has 3 aromatic rings. The van der Waals surface area contributed by atoms with Crippen LogP contribution in [0.25, 0.3) is 11.1 Å². The molecule has 1 heterocycles. The minimum Gasteiger partial charge on any atom is -0.489 e. The number of aromatic nitrogens is 1. The van der Waals surface area contributed by atoms with Gasteiger partial charge in [-0.15, -0.1) is 0 Å². The van der Waals surface area contributed by atoms with E-state index in [1.165, 1.54) is 12.1 Å². The van der Waals surface area contributed by atoms with Gasteiger partial charge in [-0.25, -0.2) is 4.39 Å². The monoisotopic (exact) mass is 351 g/mol. The molecule has 0 aliphatic rings. The molecule has 5 heteroatoms. The van der Waals surface area contributed by atoms with Gasteiger partial charge in [0.1, 0.15) is 18.2 Å². The summed E-state index contributed by atoms with van der Waals surface area (Å²) in [6.45, 7) is 0.226. The molecule has 4 nitrogen and oxygen atoms in total. The SMILES string of the molecule is O=C(O)CCc1ccc(OCc2cc(F)ccc2-c2ccncc2)cc1. The van der Waals surface area contributed by atoms with Crippen LogP contribution in [-0.2, 0) is 17.8 Å². The minimum absolute atomic E-state index is 0.0960. The van der Waals surface area contributed by atoms with Gasteiger partial charge in [0.25, 0.3) is 0 Å². The van der Waals surface area contributed by atoms with E-state index in [0.29, 0.717) is 12.2 Å². The van der Waals surface area contributed by atoms with Crippen LogP contribution < -0.4 is 4.74 Å². The van der Waals surface area contributed by atoms with E-state index in [2.05, 4.69) is 4.98 Å². The Morgan fingerprint density at radius 3 is 2.46 bits per heavy atom. The molecule has 0 unspecified atom stereocenters. The summed E-state index contributed by atoms with van der Waals surface area (Å²) < 4.78 is 19.5. The first-order valence-electron chi connectivity index (χ1n) is 8.24. The Morgan fingerprint density at radius 1 is 1.04 bits per heavy atom. The van der Waals surface area contributed by atoms with Crippen LogP contribution in [0.1, 0.15) is 17.5 Å². The van der Waals surface area contributed by atoms with Crippen molar-refractivity contribution in [3.8, 4) is 16.9 Å². The lowest BCUT2D eigenvalue weighted by Gasteiger charge is -2.12. The third-order valence-electron chi connectivity index (χ3n) is 4.00. The highest BCUT2D eigenvalue weighted by Gasteiger charge is 2.08. The molecule has 0 bridgehead atoms. The molecule has 3 rings (SSSR count). The maximum absolute atomic E-state index is 13.7. The summed E-state index contributed by atoms with van der Waals surface area (Å²) in [6, 6.07) is 15.6. The highest BCUT2D eigenvalue weighted by Crippen LogP contribution is 2.25. The number of rotatable bonds is 7. The summed E-state index contributed by atoms with van der Waals surface area (Å²) in [7, 11) is 0. The topological polar surface area (TPSA) is 59.4 Å². The second-order valence-electron chi connectivity index (χ2n) is 5.86. The fraction of sp³-hybridized carbons (Fsp3) is 0.143. The lowest BCUT2D eigenvalue weighted by atomic mass is 10.0. The number of hydrogen-bond donors (Lipinski definition) is 1. The summed E-state index contributed by atoms with van der Waals surface area (Å²) in [6.07, 6.45) is 3.96. The van der Waals surface area contributed by atoms with Crippen LogP contribution in [0.2, 0.25) is 0 Å². The van der Waals surface area contributed by atoms with Crippen molar-refractivity contribution in [2.24, 2.45) is 0 Å². The summed E-state index contributed by atoms with van der Waals surface area (Å²) in [4.78, 5) is 14.6. The number of aliphatic carboxylic acids is 1. The second-order valence-corrected chi connectivity index (χ2v) is 5.86. The van der Waals surface area contributed by atoms with Crippen molar-refractivity contribution in [2.75, 3.05) is 0 Å². The van der Waals surface area contributed by atoms with Gasteiger partial charge in [0.05, 0.1) is 0 Å². The zero-order valence-corrected chi connectivity index (χ0v) is 14.1. The van der Waals surface area contributed by atoms with E-state index in [-0.39, 0.29) is 18.8 Å². The Bertz CT molecular complexity index is 880. The third-order valence-corrected chi connectivity index (χ3v) is 4.00. The molecular weight excluding hydrogens is 333 g/mol. The van der Waals surface area contributed by atoms with Crippen LogP contribution in [-0.4, -0.2) is 16.1 Å². The number of ether oxygens (including phenoxy) is 1. The van der Waals surface area contributed by atoms with Crippen molar-refractivity contribution in [3.05, 3.63) is 83.9 Å². The summed E-state index contributed by atoms with van der Waals surface area (Å²) in [5, 5.41) is 8.72. The maximum atomic E-state index is 13.7. The van der Waals surface area contributed by atoms with Crippen LogP contribution in [0.3, 0.4) is 0 Å². The van der Waals surface area contributed by atoms with E-state index in [1.807, 2.05) is 24.3 Å². The number of hydrogen-bond acceptors (Lipinski definition) is 3. The molecule has 0 radical (unpaired) electrons. The van der Waals surface area contributed by atoms with Gasteiger partial charge in [0, 0.05) is 18.8 Å².